The number of hydrogen-bond acceptors (Lipinski definition) is 14. The number of methoxy groups -OCH3 is 2. The van der Waals surface area contributed by atoms with E-state index in [-0.39, 0.29) is 71.1 Å². The molecule has 6 aromatic rings. The summed E-state index contributed by atoms with van der Waals surface area (Å²) >= 11 is 0. The topological polar surface area (TPSA) is 176 Å². The van der Waals surface area contributed by atoms with Crippen molar-refractivity contribution in [1.82, 2.24) is 0 Å². The van der Waals surface area contributed by atoms with E-state index in [0.29, 0.717) is 35.5 Å². The molecule has 2 unspecified atom stereocenters. The molecule has 0 heterocycles. The van der Waals surface area contributed by atoms with E-state index in [0.717, 1.165) is 92.9 Å². The Kier molecular flexibility index (Phi) is 25.0. The third-order valence-electron chi connectivity index (χ3n) is 13.6. The first kappa shape index (κ1) is 61.9. The highest BCUT2D eigenvalue weighted by Crippen LogP contribution is 2.32. The Morgan fingerprint density at radius 2 is 0.667 bits per heavy atom. The summed E-state index contributed by atoms with van der Waals surface area (Å²) in [7, 11) is 2.83. The van der Waals surface area contributed by atoms with E-state index >= 15 is 0 Å². The lowest BCUT2D eigenvalue weighted by Crippen LogP contribution is -2.15. The maximum atomic E-state index is 13.1. The monoisotopic (exact) mass is 1100 g/mol. The summed E-state index contributed by atoms with van der Waals surface area (Å²) in [6.07, 6.45) is 14.1. The molecule has 81 heavy (non-hydrogen) atoms. The third kappa shape index (κ3) is 20.1. The molecule has 0 amide bonds. The summed E-state index contributed by atoms with van der Waals surface area (Å²) in [5.41, 5.74) is 4.88. The van der Waals surface area contributed by atoms with Gasteiger partial charge in [0.15, 0.2) is 23.0 Å². The van der Waals surface area contributed by atoms with Crippen molar-refractivity contribution in [3.8, 4) is 56.8 Å². The molecule has 0 fully saturated rings. The van der Waals surface area contributed by atoms with Crippen LogP contribution in [0.2, 0.25) is 0 Å². The Bertz CT molecular complexity index is 2780. The standard InChI is InChI=1S/C67H76O14/c1-7-9-11-16-20-46(3)76-64(70)52-28-24-48(25-29-52)50-32-38-56(39-33-50)78-66(72)54-36-42-58(60(44-54)74-5)80-62(68)22-18-14-13-15-19-23-63(69)81-59-43-37-55(45-61(59)75-6)67(73)79-57-40-34-51(35-41-57)49-26-30-53(31-27-49)65(71)77-47(4)21-17-12-10-8-2/h24-47H,7-23H2,1-6H3. The van der Waals surface area contributed by atoms with Crippen molar-refractivity contribution in [2.45, 2.75) is 149 Å². The fraction of sp³-hybridized carbons (Fsp3) is 0.373. The Hall–Kier alpha value is -8.26. The van der Waals surface area contributed by atoms with E-state index < -0.39 is 23.9 Å². The molecular weight excluding hydrogens is 1030 g/mol. The Morgan fingerprint density at radius 1 is 0.346 bits per heavy atom. The minimum absolute atomic E-state index is 0.143. The molecule has 0 N–H and O–H groups in total. The second-order valence-electron chi connectivity index (χ2n) is 20.1. The molecule has 6 rings (SSSR count). The van der Waals surface area contributed by atoms with Crippen molar-refractivity contribution in [1.29, 1.82) is 0 Å². The molecule has 14 nitrogen and oxygen atoms in total. The van der Waals surface area contributed by atoms with Crippen LogP contribution in [0.15, 0.2) is 133 Å². The van der Waals surface area contributed by atoms with Crippen LogP contribution < -0.4 is 28.4 Å². The predicted molar refractivity (Wildman–Crippen MR) is 311 cm³/mol. The number of esters is 6. The summed E-state index contributed by atoms with van der Waals surface area (Å²) in [5, 5.41) is 0. The number of unbranched alkanes of at least 4 members (excludes halogenated alkanes) is 10. The first-order chi connectivity index (χ1) is 39.3. The van der Waals surface area contributed by atoms with E-state index in [1.807, 2.05) is 62.4 Å². The van der Waals surface area contributed by atoms with Gasteiger partial charge in [-0.25, -0.2) is 19.2 Å². The molecule has 0 aliphatic carbocycles. The van der Waals surface area contributed by atoms with Gasteiger partial charge in [0.25, 0.3) is 0 Å². The van der Waals surface area contributed by atoms with Gasteiger partial charge >= 0.3 is 35.8 Å². The number of carbonyl (C=O) groups is 6. The van der Waals surface area contributed by atoms with Gasteiger partial charge in [0.2, 0.25) is 0 Å². The van der Waals surface area contributed by atoms with E-state index in [1.165, 1.54) is 63.5 Å². The molecule has 6 aromatic carbocycles. The SMILES string of the molecule is CCCCCCC(C)OC(=O)c1ccc(-c2ccc(OC(=O)c3ccc(OC(=O)CCCCCCCC(=O)Oc4ccc(C(=O)Oc5ccc(-c6ccc(C(=O)OC(C)CCCCCC)cc6)cc5)cc4OC)c(OC)c3)cc2)cc1. The Balaban J connectivity index is 0.856. The average molecular weight is 1110 g/mol. The first-order valence-electron chi connectivity index (χ1n) is 28.3. The van der Waals surface area contributed by atoms with Crippen molar-refractivity contribution in [3.05, 3.63) is 156 Å². The molecule has 0 aliphatic heterocycles. The fourth-order valence-electron chi connectivity index (χ4n) is 8.87. The Labute approximate surface area is 476 Å². The molecule has 2 atom stereocenters. The van der Waals surface area contributed by atoms with Crippen LogP contribution in [0.3, 0.4) is 0 Å². The highest BCUT2D eigenvalue weighted by molar-refractivity contribution is 5.94. The molecule has 14 heteroatoms. The van der Waals surface area contributed by atoms with Crippen molar-refractivity contribution >= 4 is 35.8 Å². The molecule has 428 valence electrons. The van der Waals surface area contributed by atoms with Crippen LogP contribution >= 0.6 is 0 Å². The molecule has 0 saturated heterocycles. The quantitative estimate of drug-likeness (QED) is 0.0221. The highest BCUT2D eigenvalue weighted by Gasteiger charge is 2.19. The zero-order valence-corrected chi connectivity index (χ0v) is 47.6. The fourth-order valence-corrected chi connectivity index (χ4v) is 8.87. The zero-order chi connectivity index (χ0) is 57.9. The molecule has 0 radical (unpaired) electrons. The van der Waals surface area contributed by atoms with Crippen molar-refractivity contribution in [2.75, 3.05) is 14.2 Å². The minimum atomic E-state index is -0.622. The van der Waals surface area contributed by atoms with Gasteiger partial charge in [-0.15, -0.1) is 0 Å². The van der Waals surface area contributed by atoms with Crippen LogP contribution in [0.25, 0.3) is 22.3 Å². The zero-order valence-electron chi connectivity index (χ0n) is 47.6. The van der Waals surface area contributed by atoms with E-state index in [2.05, 4.69) is 13.8 Å². The number of ether oxygens (including phenoxy) is 8. The van der Waals surface area contributed by atoms with Gasteiger partial charge in [-0.2, -0.15) is 0 Å². The van der Waals surface area contributed by atoms with Crippen molar-refractivity contribution < 1.29 is 66.7 Å². The molecule has 0 aromatic heterocycles. The highest BCUT2D eigenvalue weighted by atomic mass is 16.6. The van der Waals surface area contributed by atoms with Crippen LogP contribution in [-0.4, -0.2) is 62.2 Å². The maximum absolute atomic E-state index is 13.1. The predicted octanol–water partition coefficient (Wildman–Crippen LogP) is 15.7. The van der Waals surface area contributed by atoms with Gasteiger partial charge in [-0.1, -0.05) is 120 Å². The van der Waals surface area contributed by atoms with Crippen molar-refractivity contribution in [3.63, 3.8) is 0 Å². The number of carbonyl (C=O) groups excluding carboxylic acids is 6. The largest absolute Gasteiger partial charge is 0.493 e. The number of benzene rings is 6. The lowest BCUT2D eigenvalue weighted by Gasteiger charge is -2.13. The molecule has 0 aliphatic rings. The number of rotatable bonds is 32. The summed E-state index contributed by atoms with van der Waals surface area (Å²) < 4.78 is 44.5. The molecular formula is C67H76O14. The van der Waals surface area contributed by atoms with Crippen molar-refractivity contribution in [2.24, 2.45) is 0 Å². The van der Waals surface area contributed by atoms with E-state index in [1.54, 1.807) is 48.5 Å². The van der Waals surface area contributed by atoms with Crippen LogP contribution in [0, 0.1) is 0 Å². The van der Waals surface area contributed by atoms with Gasteiger partial charge < -0.3 is 37.9 Å². The molecule has 0 bridgehead atoms. The smallest absolute Gasteiger partial charge is 0.343 e. The summed E-state index contributed by atoms with van der Waals surface area (Å²) in [4.78, 5) is 77.1. The van der Waals surface area contributed by atoms with Gasteiger partial charge in [-0.3, -0.25) is 9.59 Å². The second kappa shape index (κ2) is 32.7. The van der Waals surface area contributed by atoms with Gasteiger partial charge in [0.05, 0.1) is 48.7 Å². The number of hydrogen-bond donors (Lipinski definition) is 0. The lowest BCUT2D eigenvalue weighted by molar-refractivity contribution is -0.135. The van der Waals surface area contributed by atoms with Crippen LogP contribution in [0.4, 0.5) is 0 Å². The lowest BCUT2D eigenvalue weighted by atomic mass is 10.0. The van der Waals surface area contributed by atoms with Crippen LogP contribution in [-0.2, 0) is 19.1 Å². The van der Waals surface area contributed by atoms with E-state index in [4.69, 9.17) is 37.9 Å². The summed E-state index contributed by atoms with van der Waals surface area (Å²) in [6, 6.07) is 37.3. The van der Waals surface area contributed by atoms with Gasteiger partial charge in [0, 0.05) is 12.8 Å². The van der Waals surface area contributed by atoms with Crippen LogP contribution in [0.5, 0.6) is 34.5 Å². The summed E-state index contributed by atoms with van der Waals surface area (Å²) in [5.74, 6) is -1.44. The first-order valence-corrected chi connectivity index (χ1v) is 28.3. The Morgan fingerprint density at radius 3 is 1.01 bits per heavy atom. The molecule has 0 spiro atoms. The van der Waals surface area contributed by atoms with Crippen LogP contribution in [0.1, 0.15) is 178 Å². The van der Waals surface area contributed by atoms with E-state index in [9.17, 15) is 28.8 Å². The van der Waals surface area contributed by atoms with Gasteiger partial charge in [-0.05, 0) is 160 Å². The average Bonchev–Trinajstić information content (AvgIpc) is 3.48. The summed E-state index contributed by atoms with van der Waals surface area (Å²) in [6.45, 7) is 8.18. The third-order valence-corrected chi connectivity index (χ3v) is 13.6. The second-order valence-corrected chi connectivity index (χ2v) is 20.1. The minimum Gasteiger partial charge on any atom is -0.493 e. The normalized spacial score (nSPS) is 11.6. The maximum Gasteiger partial charge on any atom is 0.343 e. The van der Waals surface area contributed by atoms with Gasteiger partial charge in [0.1, 0.15) is 11.5 Å². The molecule has 0 saturated carbocycles.